The van der Waals surface area contributed by atoms with E-state index in [1.165, 1.54) is 7.11 Å². The van der Waals surface area contributed by atoms with Gasteiger partial charge in [-0.1, -0.05) is 0 Å². The van der Waals surface area contributed by atoms with E-state index in [9.17, 15) is 9.90 Å². The standard InChI is InChI=1S/C12H17NO3/c1-7-8(2)12(15)11(16-3)6-9(7)10(14)4-5-13/h6,15H,4-5,13H2,1-3H3. The lowest BCUT2D eigenvalue weighted by Gasteiger charge is -2.13. The fraction of sp³-hybridized carbons (Fsp3) is 0.417. The van der Waals surface area contributed by atoms with Gasteiger partial charge in [-0.2, -0.15) is 0 Å². The lowest BCUT2D eigenvalue weighted by molar-refractivity contribution is 0.0984. The topological polar surface area (TPSA) is 72.5 Å². The summed E-state index contributed by atoms with van der Waals surface area (Å²) < 4.78 is 5.02. The van der Waals surface area contributed by atoms with Crippen molar-refractivity contribution >= 4 is 5.78 Å². The molecule has 0 amide bonds. The first-order chi connectivity index (χ1) is 7.52. The van der Waals surface area contributed by atoms with Crippen LogP contribution in [0.4, 0.5) is 0 Å². The Hall–Kier alpha value is -1.55. The molecule has 4 heteroatoms. The molecule has 0 spiro atoms. The van der Waals surface area contributed by atoms with Crippen molar-refractivity contribution in [2.24, 2.45) is 5.73 Å². The molecule has 88 valence electrons. The Bertz CT molecular complexity index is 413. The van der Waals surface area contributed by atoms with Gasteiger partial charge >= 0.3 is 0 Å². The van der Waals surface area contributed by atoms with Crippen LogP contribution < -0.4 is 10.5 Å². The normalized spacial score (nSPS) is 10.2. The Morgan fingerprint density at radius 3 is 2.56 bits per heavy atom. The lowest BCUT2D eigenvalue weighted by Crippen LogP contribution is -2.10. The van der Waals surface area contributed by atoms with Gasteiger partial charge in [0.1, 0.15) is 0 Å². The highest BCUT2D eigenvalue weighted by atomic mass is 16.5. The minimum Gasteiger partial charge on any atom is -0.504 e. The summed E-state index contributed by atoms with van der Waals surface area (Å²) in [6.07, 6.45) is 0.300. The molecule has 0 saturated carbocycles. The highest BCUT2D eigenvalue weighted by molar-refractivity contribution is 5.98. The van der Waals surface area contributed by atoms with Crippen molar-refractivity contribution in [1.29, 1.82) is 0 Å². The Morgan fingerprint density at radius 1 is 1.44 bits per heavy atom. The van der Waals surface area contributed by atoms with E-state index in [0.29, 0.717) is 29.8 Å². The summed E-state index contributed by atoms with van der Waals surface area (Å²) in [4.78, 5) is 11.8. The van der Waals surface area contributed by atoms with E-state index in [0.717, 1.165) is 5.56 Å². The van der Waals surface area contributed by atoms with Crippen LogP contribution >= 0.6 is 0 Å². The number of nitrogens with two attached hydrogens (primary N) is 1. The molecule has 0 aliphatic carbocycles. The van der Waals surface area contributed by atoms with Crippen LogP contribution in [0.15, 0.2) is 6.07 Å². The SMILES string of the molecule is COc1cc(C(=O)CCN)c(C)c(C)c1O. The second kappa shape index (κ2) is 4.99. The average Bonchev–Trinajstić information content (AvgIpc) is 2.27. The van der Waals surface area contributed by atoms with Gasteiger partial charge in [0.25, 0.3) is 0 Å². The number of phenols is 1. The number of Topliss-reactive ketones (excluding diaryl/α,β-unsaturated/α-hetero) is 1. The second-order valence-electron chi connectivity index (χ2n) is 3.69. The molecule has 0 unspecified atom stereocenters. The largest absolute Gasteiger partial charge is 0.504 e. The van der Waals surface area contributed by atoms with Crippen LogP contribution in [0.3, 0.4) is 0 Å². The molecule has 0 radical (unpaired) electrons. The highest BCUT2D eigenvalue weighted by Crippen LogP contribution is 2.34. The van der Waals surface area contributed by atoms with Gasteiger partial charge in [0.2, 0.25) is 0 Å². The minimum atomic E-state index is -0.0265. The predicted molar refractivity (Wildman–Crippen MR) is 62.1 cm³/mol. The number of rotatable bonds is 4. The summed E-state index contributed by atoms with van der Waals surface area (Å²) in [5, 5.41) is 9.75. The Labute approximate surface area is 95.0 Å². The smallest absolute Gasteiger partial charge is 0.164 e. The number of hydrogen-bond acceptors (Lipinski definition) is 4. The molecule has 0 atom stereocenters. The van der Waals surface area contributed by atoms with Crippen LogP contribution in [-0.4, -0.2) is 24.5 Å². The molecular formula is C12H17NO3. The molecule has 0 aromatic heterocycles. The molecule has 1 aromatic rings. The molecule has 1 rings (SSSR count). The van der Waals surface area contributed by atoms with Crippen molar-refractivity contribution in [2.75, 3.05) is 13.7 Å². The molecule has 0 fully saturated rings. The van der Waals surface area contributed by atoms with Gasteiger partial charge in [-0.05, 0) is 37.6 Å². The third-order valence-electron chi connectivity index (χ3n) is 2.72. The molecule has 0 heterocycles. The van der Waals surface area contributed by atoms with Crippen LogP contribution in [0.5, 0.6) is 11.5 Å². The van der Waals surface area contributed by atoms with Crippen molar-refractivity contribution in [1.82, 2.24) is 0 Å². The minimum absolute atomic E-state index is 0.0265. The zero-order valence-corrected chi connectivity index (χ0v) is 9.83. The van der Waals surface area contributed by atoms with E-state index in [2.05, 4.69) is 0 Å². The van der Waals surface area contributed by atoms with Gasteiger partial charge < -0.3 is 15.6 Å². The third-order valence-corrected chi connectivity index (χ3v) is 2.72. The van der Waals surface area contributed by atoms with E-state index in [1.54, 1.807) is 19.9 Å². The van der Waals surface area contributed by atoms with Gasteiger partial charge in [0.15, 0.2) is 17.3 Å². The number of ketones is 1. The van der Waals surface area contributed by atoms with Crippen molar-refractivity contribution < 1.29 is 14.6 Å². The number of aromatic hydroxyl groups is 1. The zero-order chi connectivity index (χ0) is 12.3. The van der Waals surface area contributed by atoms with Gasteiger partial charge in [-0.25, -0.2) is 0 Å². The number of carbonyl (C=O) groups excluding carboxylic acids is 1. The van der Waals surface area contributed by atoms with E-state index < -0.39 is 0 Å². The van der Waals surface area contributed by atoms with E-state index in [1.807, 2.05) is 0 Å². The van der Waals surface area contributed by atoms with Crippen LogP contribution in [0.25, 0.3) is 0 Å². The van der Waals surface area contributed by atoms with Crippen LogP contribution in [0.1, 0.15) is 27.9 Å². The Balaban J connectivity index is 3.29. The van der Waals surface area contributed by atoms with E-state index >= 15 is 0 Å². The summed E-state index contributed by atoms with van der Waals surface area (Å²) in [5.74, 6) is 0.383. The fourth-order valence-electron chi connectivity index (χ4n) is 1.58. The number of carbonyl (C=O) groups is 1. The van der Waals surface area contributed by atoms with Crippen molar-refractivity contribution in [2.45, 2.75) is 20.3 Å². The summed E-state index contributed by atoms with van der Waals surface area (Å²) >= 11 is 0. The molecular weight excluding hydrogens is 206 g/mol. The van der Waals surface area contributed by atoms with Gasteiger partial charge in [-0.3, -0.25) is 4.79 Å². The first-order valence-corrected chi connectivity index (χ1v) is 5.13. The van der Waals surface area contributed by atoms with E-state index in [-0.39, 0.29) is 11.5 Å². The molecule has 0 bridgehead atoms. The number of phenolic OH excluding ortho intramolecular Hbond substituents is 1. The average molecular weight is 223 g/mol. The predicted octanol–water partition coefficient (Wildman–Crippen LogP) is 1.55. The summed E-state index contributed by atoms with van der Waals surface area (Å²) in [5.41, 5.74) is 7.36. The van der Waals surface area contributed by atoms with Crippen LogP contribution in [0, 0.1) is 13.8 Å². The number of ether oxygens (including phenoxy) is 1. The monoisotopic (exact) mass is 223 g/mol. The molecule has 0 saturated heterocycles. The molecule has 0 aliphatic rings. The Kier molecular flexibility index (Phi) is 3.90. The van der Waals surface area contributed by atoms with Crippen molar-refractivity contribution in [3.8, 4) is 11.5 Å². The van der Waals surface area contributed by atoms with Crippen LogP contribution in [0.2, 0.25) is 0 Å². The maximum Gasteiger partial charge on any atom is 0.164 e. The molecule has 3 N–H and O–H groups in total. The quantitative estimate of drug-likeness (QED) is 0.759. The summed E-state index contributed by atoms with van der Waals surface area (Å²) in [7, 11) is 1.46. The fourth-order valence-corrected chi connectivity index (χ4v) is 1.58. The number of methoxy groups -OCH3 is 1. The number of benzene rings is 1. The first-order valence-electron chi connectivity index (χ1n) is 5.13. The lowest BCUT2D eigenvalue weighted by atomic mass is 9.97. The maximum atomic E-state index is 11.8. The number of hydrogen-bond donors (Lipinski definition) is 2. The molecule has 0 aliphatic heterocycles. The summed E-state index contributed by atoms with van der Waals surface area (Å²) in [6, 6.07) is 1.57. The highest BCUT2D eigenvalue weighted by Gasteiger charge is 2.16. The van der Waals surface area contributed by atoms with Crippen molar-refractivity contribution in [3.05, 3.63) is 22.8 Å². The molecule has 4 nitrogen and oxygen atoms in total. The summed E-state index contributed by atoms with van der Waals surface area (Å²) in [6.45, 7) is 3.88. The van der Waals surface area contributed by atoms with Gasteiger partial charge in [0, 0.05) is 12.0 Å². The molecule has 16 heavy (non-hydrogen) atoms. The van der Waals surface area contributed by atoms with Crippen molar-refractivity contribution in [3.63, 3.8) is 0 Å². The molecule has 1 aromatic carbocycles. The first kappa shape index (κ1) is 12.5. The third kappa shape index (κ3) is 2.17. The van der Waals surface area contributed by atoms with Gasteiger partial charge in [-0.15, -0.1) is 0 Å². The van der Waals surface area contributed by atoms with E-state index in [4.69, 9.17) is 10.5 Å². The zero-order valence-electron chi connectivity index (χ0n) is 9.83. The second-order valence-corrected chi connectivity index (χ2v) is 3.69. The van der Waals surface area contributed by atoms with Crippen LogP contribution in [-0.2, 0) is 0 Å². The van der Waals surface area contributed by atoms with Gasteiger partial charge in [0.05, 0.1) is 7.11 Å². The maximum absolute atomic E-state index is 11.8. The Morgan fingerprint density at radius 2 is 2.06 bits per heavy atom.